The van der Waals surface area contributed by atoms with Gasteiger partial charge >= 0.3 is 0 Å². The Bertz CT molecular complexity index is 329. The molecule has 0 amide bonds. The molecule has 0 unspecified atom stereocenters. The Balaban J connectivity index is 3.17. The summed E-state index contributed by atoms with van der Waals surface area (Å²) in [4.78, 5) is 0. The van der Waals surface area contributed by atoms with E-state index in [9.17, 15) is 0 Å². The second-order valence-electron chi connectivity index (χ2n) is 2.92. The predicted octanol–water partition coefficient (Wildman–Crippen LogP) is 3.68. The fourth-order valence-electron chi connectivity index (χ4n) is 1.24. The molecule has 1 aromatic carbocycles. The highest BCUT2D eigenvalue weighted by Crippen LogP contribution is 2.32. The Morgan fingerprint density at radius 3 is 2.13 bits per heavy atom. The maximum Gasteiger partial charge on any atom is 0.208 e. The lowest BCUT2D eigenvalue weighted by Gasteiger charge is -2.29. The summed E-state index contributed by atoms with van der Waals surface area (Å²) in [7, 11) is 3.04. The van der Waals surface area contributed by atoms with Crippen LogP contribution in [-0.4, -0.2) is 20.1 Å². The van der Waals surface area contributed by atoms with Crippen molar-refractivity contribution in [2.24, 2.45) is 0 Å². The van der Waals surface area contributed by atoms with Crippen molar-refractivity contribution in [1.29, 1.82) is 0 Å². The Labute approximate surface area is 104 Å². The van der Waals surface area contributed by atoms with Crippen LogP contribution in [0, 0.1) is 0 Å². The van der Waals surface area contributed by atoms with Crippen molar-refractivity contribution in [3.05, 3.63) is 33.8 Å². The third-order valence-corrected chi connectivity index (χ3v) is 3.29. The Morgan fingerprint density at radius 2 is 1.73 bits per heavy atom. The summed E-state index contributed by atoms with van der Waals surface area (Å²) in [6.45, 7) is 0. The van der Waals surface area contributed by atoms with E-state index in [0.29, 0.717) is 10.0 Å². The van der Waals surface area contributed by atoms with E-state index in [-0.39, 0.29) is 5.88 Å². The lowest BCUT2D eigenvalue weighted by molar-refractivity contribution is -0.198. The van der Waals surface area contributed by atoms with Crippen molar-refractivity contribution < 1.29 is 9.47 Å². The van der Waals surface area contributed by atoms with Gasteiger partial charge in [0.2, 0.25) is 5.79 Å². The smallest absolute Gasteiger partial charge is 0.208 e. The van der Waals surface area contributed by atoms with Crippen LogP contribution in [0.1, 0.15) is 5.56 Å². The standard InChI is InChI=1S/C10H11Cl3O2/c1-14-10(6-11,15-2)7-3-4-8(12)9(13)5-7/h3-5H,6H2,1-2H3. The maximum absolute atomic E-state index is 5.90. The largest absolute Gasteiger partial charge is 0.348 e. The van der Waals surface area contributed by atoms with E-state index < -0.39 is 5.79 Å². The average molecular weight is 270 g/mol. The minimum atomic E-state index is -0.976. The number of benzene rings is 1. The van der Waals surface area contributed by atoms with Gasteiger partial charge < -0.3 is 9.47 Å². The van der Waals surface area contributed by atoms with Gasteiger partial charge in [-0.25, -0.2) is 0 Å². The molecule has 15 heavy (non-hydrogen) atoms. The zero-order chi connectivity index (χ0) is 11.5. The molecule has 0 bridgehead atoms. The summed E-state index contributed by atoms with van der Waals surface area (Å²) in [6.07, 6.45) is 0. The molecule has 0 aromatic heterocycles. The summed E-state index contributed by atoms with van der Waals surface area (Å²) in [5, 5.41) is 0.925. The van der Waals surface area contributed by atoms with Gasteiger partial charge in [0.05, 0.1) is 15.9 Å². The van der Waals surface area contributed by atoms with Gasteiger partial charge in [0.15, 0.2) is 0 Å². The van der Waals surface area contributed by atoms with Crippen LogP contribution in [0.5, 0.6) is 0 Å². The summed E-state index contributed by atoms with van der Waals surface area (Å²) >= 11 is 17.5. The van der Waals surface area contributed by atoms with E-state index in [2.05, 4.69) is 0 Å². The first-order valence-electron chi connectivity index (χ1n) is 4.21. The zero-order valence-electron chi connectivity index (χ0n) is 8.39. The topological polar surface area (TPSA) is 18.5 Å². The van der Waals surface area contributed by atoms with E-state index in [0.717, 1.165) is 5.56 Å². The van der Waals surface area contributed by atoms with Gasteiger partial charge in [-0.2, -0.15) is 0 Å². The SMILES string of the molecule is COC(CCl)(OC)c1ccc(Cl)c(Cl)c1. The molecule has 0 saturated heterocycles. The molecular formula is C10H11Cl3O2. The first kappa shape index (κ1) is 13.1. The van der Waals surface area contributed by atoms with E-state index in [1.807, 2.05) is 0 Å². The summed E-state index contributed by atoms with van der Waals surface area (Å²) in [6, 6.07) is 5.13. The van der Waals surface area contributed by atoms with Gasteiger partial charge in [0, 0.05) is 19.8 Å². The molecule has 0 aliphatic rings. The highest BCUT2D eigenvalue weighted by Gasteiger charge is 2.31. The number of hydrogen-bond acceptors (Lipinski definition) is 2. The van der Waals surface area contributed by atoms with Crippen LogP contribution >= 0.6 is 34.8 Å². The molecule has 0 spiro atoms. The van der Waals surface area contributed by atoms with Crippen LogP contribution in [0.15, 0.2) is 18.2 Å². The predicted molar refractivity (Wildman–Crippen MR) is 62.9 cm³/mol. The van der Waals surface area contributed by atoms with E-state index >= 15 is 0 Å². The molecule has 1 aromatic rings. The highest BCUT2D eigenvalue weighted by molar-refractivity contribution is 6.42. The van der Waals surface area contributed by atoms with Gasteiger partial charge in [-0.15, -0.1) is 11.6 Å². The molecule has 84 valence electrons. The van der Waals surface area contributed by atoms with Crippen molar-refractivity contribution in [3.63, 3.8) is 0 Å². The fourth-order valence-corrected chi connectivity index (χ4v) is 1.91. The lowest BCUT2D eigenvalue weighted by Crippen LogP contribution is -2.32. The van der Waals surface area contributed by atoms with Crippen molar-refractivity contribution in [2.45, 2.75) is 5.79 Å². The van der Waals surface area contributed by atoms with Gasteiger partial charge in [0.1, 0.15) is 0 Å². The minimum absolute atomic E-state index is 0.165. The van der Waals surface area contributed by atoms with Gasteiger partial charge in [-0.1, -0.05) is 29.3 Å². The second-order valence-corrected chi connectivity index (χ2v) is 4.01. The third kappa shape index (κ3) is 2.58. The number of alkyl halides is 1. The van der Waals surface area contributed by atoms with E-state index in [4.69, 9.17) is 44.3 Å². The molecule has 5 heteroatoms. The molecule has 1 rings (SSSR count). The highest BCUT2D eigenvalue weighted by atomic mass is 35.5. The number of halogens is 3. The molecule has 0 aliphatic heterocycles. The molecular weight excluding hydrogens is 258 g/mol. The first-order chi connectivity index (χ1) is 7.09. The molecule has 0 fully saturated rings. The van der Waals surface area contributed by atoms with Crippen LogP contribution in [0.4, 0.5) is 0 Å². The Morgan fingerprint density at radius 1 is 1.13 bits per heavy atom. The number of ether oxygens (including phenoxy) is 2. The maximum atomic E-state index is 5.90. The molecule has 0 radical (unpaired) electrons. The molecule has 0 saturated carbocycles. The molecule has 0 heterocycles. The minimum Gasteiger partial charge on any atom is -0.348 e. The first-order valence-corrected chi connectivity index (χ1v) is 5.50. The van der Waals surface area contributed by atoms with Crippen LogP contribution in [-0.2, 0) is 15.3 Å². The second kappa shape index (κ2) is 5.37. The summed E-state index contributed by atoms with van der Waals surface area (Å²) in [5.74, 6) is -0.812. The van der Waals surface area contributed by atoms with E-state index in [1.54, 1.807) is 18.2 Å². The van der Waals surface area contributed by atoms with Crippen LogP contribution in [0.3, 0.4) is 0 Å². The van der Waals surface area contributed by atoms with Crippen molar-refractivity contribution in [1.82, 2.24) is 0 Å². The molecule has 0 N–H and O–H groups in total. The number of rotatable bonds is 4. The zero-order valence-corrected chi connectivity index (χ0v) is 10.7. The molecule has 0 atom stereocenters. The van der Waals surface area contributed by atoms with Crippen molar-refractivity contribution in [3.8, 4) is 0 Å². The normalized spacial score (nSPS) is 11.8. The van der Waals surface area contributed by atoms with Gasteiger partial charge in [0.25, 0.3) is 0 Å². The summed E-state index contributed by atoms with van der Waals surface area (Å²) < 4.78 is 10.5. The fraction of sp³-hybridized carbons (Fsp3) is 0.400. The van der Waals surface area contributed by atoms with E-state index in [1.165, 1.54) is 14.2 Å². The third-order valence-electron chi connectivity index (χ3n) is 2.19. The average Bonchev–Trinajstić information content (AvgIpc) is 2.26. The van der Waals surface area contributed by atoms with Gasteiger partial charge in [-0.05, 0) is 12.1 Å². The number of methoxy groups -OCH3 is 2. The summed E-state index contributed by atoms with van der Waals surface area (Å²) in [5.41, 5.74) is 0.733. The van der Waals surface area contributed by atoms with Gasteiger partial charge in [-0.3, -0.25) is 0 Å². The molecule has 0 aliphatic carbocycles. The van der Waals surface area contributed by atoms with Crippen molar-refractivity contribution >= 4 is 34.8 Å². The monoisotopic (exact) mass is 268 g/mol. The quantitative estimate of drug-likeness (QED) is 0.613. The van der Waals surface area contributed by atoms with Crippen LogP contribution in [0.25, 0.3) is 0 Å². The van der Waals surface area contributed by atoms with Crippen molar-refractivity contribution in [2.75, 3.05) is 20.1 Å². The lowest BCUT2D eigenvalue weighted by atomic mass is 10.1. The Hall–Kier alpha value is 0.01000. The molecule has 2 nitrogen and oxygen atoms in total. The van der Waals surface area contributed by atoms with Crippen LogP contribution in [0.2, 0.25) is 10.0 Å². The Kier molecular flexibility index (Phi) is 4.68. The number of hydrogen-bond donors (Lipinski definition) is 0. The van der Waals surface area contributed by atoms with Crippen LogP contribution < -0.4 is 0 Å².